The molecule has 0 aromatic heterocycles. The molecular formula is C13H22. The SMILES string of the molecule is CC1CC=C2CCCC(C)C2(C)C1. The Morgan fingerprint density at radius 2 is 2.15 bits per heavy atom. The summed E-state index contributed by atoms with van der Waals surface area (Å²) in [5.74, 6) is 1.82. The van der Waals surface area contributed by atoms with Crippen LogP contribution in [0.4, 0.5) is 0 Å². The van der Waals surface area contributed by atoms with Crippen LogP contribution in [0.15, 0.2) is 11.6 Å². The zero-order valence-corrected chi connectivity index (χ0v) is 9.27. The molecule has 0 aromatic carbocycles. The largest absolute Gasteiger partial charge is 0.0845 e. The normalized spacial score (nSPS) is 45.3. The second-order valence-corrected chi connectivity index (χ2v) is 5.49. The van der Waals surface area contributed by atoms with E-state index in [-0.39, 0.29) is 0 Å². The van der Waals surface area contributed by atoms with E-state index in [1.807, 2.05) is 0 Å². The third-order valence-electron chi connectivity index (χ3n) is 4.44. The average molecular weight is 178 g/mol. The van der Waals surface area contributed by atoms with Crippen LogP contribution in [0, 0.1) is 17.3 Å². The maximum Gasteiger partial charge on any atom is -0.00881 e. The molecule has 74 valence electrons. The van der Waals surface area contributed by atoms with E-state index in [0.717, 1.165) is 11.8 Å². The van der Waals surface area contributed by atoms with Gasteiger partial charge in [0.15, 0.2) is 0 Å². The molecule has 0 saturated heterocycles. The summed E-state index contributed by atoms with van der Waals surface area (Å²) in [6.07, 6.45) is 9.56. The fourth-order valence-electron chi connectivity index (χ4n) is 3.34. The summed E-state index contributed by atoms with van der Waals surface area (Å²) in [4.78, 5) is 0. The maximum absolute atomic E-state index is 2.55. The maximum atomic E-state index is 2.55. The van der Waals surface area contributed by atoms with E-state index in [4.69, 9.17) is 0 Å². The summed E-state index contributed by atoms with van der Waals surface area (Å²) in [5.41, 5.74) is 2.35. The van der Waals surface area contributed by atoms with Crippen molar-refractivity contribution in [3.63, 3.8) is 0 Å². The first-order valence-corrected chi connectivity index (χ1v) is 5.82. The van der Waals surface area contributed by atoms with Crippen LogP contribution in [-0.2, 0) is 0 Å². The number of hydrogen-bond donors (Lipinski definition) is 0. The molecule has 0 amide bonds. The van der Waals surface area contributed by atoms with Gasteiger partial charge in [-0.05, 0) is 49.4 Å². The highest BCUT2D eigenvalue weighted by Crippen LogP contribution is 2.51. The molecule has 0 heteroatoms. The minimum Gasteiger partial charge on any atom is -0.0845 e. The third kappa shape index (κ3) is 1.45. The van der Waals surface area contributed by atoms with Gasteiger partial charge >= 0.3 is 0 Å². The van der Waals surface area contributed by atoms with Gasteiger partial charge in [-0.15, -0.1) is 0 Å². The molecule has 0 spiro atoms. The lowest BCUT2D eigenvalue weighted by atomic mass is 9.59. The standard InChI is InChI=1S/C13H22/c1-10-7-8-12-6-4-5-11(2)13(12,3)9-10/h8,10-11H,4-7,9H2,1-3H3. The Balaban J connectivity index is 2.28. The van der Waals surface area contributed by atoms with Gasteiger partial charge in [0, 0.05) is 0 Å². The van der Waals surface area contributed by atoms with Crippen molar-refractivity contribution in [2.24, 2.45) is 17.3 Å². The fourth-order valence-corrected chi connectivity index (χ4v) is 3.34. The minimum atomic E-state index is 0.565. The molecule has 0 aromatic rings. The molecule has 2 aliphatic carbocycles. The van der Waals surface area contributed by atoms with Gasteiger partial charge in [-0.1, -0.05) is 32.4 Å². The molecule has 0 aliphatic heterocycles. The highest BCUT2D eigenvalue weighted by molar-refractivity contribution is 5.20. The summed E-state index contributed by atoms with van der Waals surface area (Å²) >= 11 is 0. The lowest BCUT2D eigenvalue weighted by molar-refractivity contribution is 0.148. The van der Waals surface area contributed by atoms with Gasteiger partial charge in [0.05, 0.1) is 0 Å². The van der Waals surface area contributed by atoms with Crippen molar-refractivity contribution >= 4 is 0 Å². The van der Waals surface area contributed by atoms with E-state index in [9.17, 15) is 0 Å². The molecule has 1 fully saturated rings. The number of rotatable bonds is 0. The van der Waals surface area contributed by atoms with Gasteiger partial charge in [-0.2, -0.15) is 0 Å². The van der Waals surface area contributed by atoms with Crippen LogP contribution in [0.5, 0.6) is 0 Å². The first-order valence-electron chi connectivity index (χ1n) is 5.82. The van der Waals surface area contributed by atoms with E-state index in [1.54, 1.807) is 5.57 Å². The van der Waals surface area contributed by atoms with Gasteiger partial charge < -0.3 is 0 Å². The Bertz CT molecular complexity index is 226. The summed E-state index contributed by atoms with van der Waals surface area (Å²) in [5, 5.41) is 0. The zero-order chi connectivity index (χ0) is 9.47. The quantitative estimate of drug-likeness (QED) is 0.488. The molecule has 0 N–H and O–H groups in total. The van der Waals surface area contributed by atoms with Gasteiger partial charge in [-0.3, -0.25) is 0 Å². The third-order valence-corrected chi connectivity index (χ3v) is 4.44. The number of hydrogen-bond acceptors (Lipinski definition) is 0. The Kier molecular flexibility index (Phi) is 2.25. The van der Waals surface area contributed by atoms with Crippen LogP contribution < -0.4 is 0 Å². The Labute approximate surface area is 82.4 Å². The second-order valence-electron chi connectivity index (χ2n) is 5.49. The van der Waals surface area contributed by atoms with Crippen molar-refractivity contribution in [2.45, 2.75) is 52.9 Å². The number of allylic oxidation sites excluding steroid dienone is 2. The van der Waals surface area contributed by atoms with Gasteiger partial charge in [0.2, 0.25) is 0 Å². The molecule has 0 heterocycles. The summed E-state index contributed by atoms with van der Waals surface area (Å²) < 4.78 is 0. The van der Waals surface area contributed by atoms with Crippen molar-refractivity contribution in [3.8, 4) is 0 Å². The molecular weight excluding hydrogens is 156 g/mol. The molecule has 2 aliphatic rings. The Hall–Kier alpha value is -0.260. The average Bonchev–Trinajstić information content (AvgIpc) is 2.07. The van der Waals surface area contributed by atoms with Crippen molar-refractivity contribution in [3.05, 3.63) is 11.6 Å². The van der Waals surface area contributed by atoms with E-state index in [0.29, 0.717) is 5.41 Å². The van der Waals surface area contributed by atoms with Crippen LogP contribution >= 0.6 is 0 Å². The molecule has 0 radical (unpaired) electrons. The van der Waals surface area contributed by atoms with Gasteiger partial charge in [-0.25, -0.2) is 0 Å². The Morgan fingerprint density at radius 3 is 2.92 bits per heavy atom. The van der Waals surface area contributed by atoms with E-state index in [1.165, 1.54) is 32.1 Å². The Morgan fingerprint density at radius 1 is 1.38 bits per heavy atom. The predicted molar refractivity (Wildman–Crippen MR) is 57.6 cm³/mol. The molecule has 0 bridgehead atoms. The molecule has 1 saturated carbocycles. The lowest BCUT2D eigenvalue weighted by Gasteiger charge is -2.46. The first-order chi connectivity index (χ1) is 6.13. The van der Waals surface area contributed by atoms with Crippen LogP contribution in [0.3, 0.4) is 0 Å². The van der Waals surface area contributed by atoms with Crippen molar-refractivity contribution in [1.29, 1.82) is 0 Å². The van der Waals surface area contributed by atoms with Crippen molar-refractivity contribution in [1.82, 2.24) is 0 Å². The molecule has 3 unspecified atom stereocenters. The van der Waals surface area contributed by atoms with Crippen LogP contribution in [0.1, 0.15) is 52.9 Å². The second kappa shape index (κ2) is 3.15. The van der Waals surface area contributed by atoms with Gasteiger partial charge in [0.1, 0.15) is 0 Å². The predicted octanol–water partition coefficient (Wildman–Crippen LogP) is 4.17. The molecule has 2 rings (SSSR count). The topological polar surface area (TPSA) is 0 Å². The van der Waals surface area contributed by atoms with Gasteiger partial charge in [0.25, 0.3) is 0 Å². The monoisotopic (exact) mass is 178 g/mol. The molecule has 13 heavy (non-hydrogen) atoms. The van der Waals surface area contributed by atoms with E-state index >= 15 is 0 Å². The van der Waals surface area contributed by atoms with Crippen LogP contribution in [0.25, 0.3) is 0 Å². The van der Waals surface area contributed by atoms with Crippen LogP contribution in [-0.4, -0.2) is 0 Å². The summed E-state index contributed by atoms with van der Waals surface area (Å²) in [7, 11) is 0. The lowest BCUT2D eigenvalue weighted by Crippen LogP contribution is -2.35. The van der Waals surface area contributed by atoms with Crippen molar-refractivity contribution in [2.75, 3.05) is 0 Å². The summed E-state index contributed by atoms with van der Waals surface area (Å²) in [6, 6.07) is 0. The fraction of sp³-hybridized carbons (Fsp3) is 0.846. The zero-order valence-electron chi connectivity index (χ0n) is 9.27. The van der Waals surface area contributed by atoms with Crippen molar-refractivity contribution < 1.29 is 0 Å². The molecule has 0 nitrogen and oxygen atoms in total. The van der Waals surface area contributed by atoms with E-state index < -0.39 is 0 Å². The van der Waals surface area contributed by atoms with E-state index in [2.05, 4.69) is 26.8 Å². The van der Waals surface area contributed by atoms with Crippen LogP contribution in [0.2, 0.25) is 0 Å². The number of fused-ring (bicyclic) bond motifs is 1. The smallest absolute Gasteiger partial charge is 0.00881 e. The first kappa shape index (κ1) is 9.30. The highest BCUT2D eigenvalue weighted by Gasteiger charge is 2.39. The molecule has 3 atom stereocenters. The summed E-state index contributed by atoms with van der Waals surface area (Å²) in [6.45, 7) is 7.35. The minimum absolute atomic E-state index is 0.565. The highest BCUT2D eigenvalue weighted by atomic mass is 14.4.